The summed E-state index contributed by atoms with van der Waals surface area (Å²) in [5.41, 5.74) is 0.472. The van der Waals surface area contributed by atoms with Crippen molar-refractivity contribution in [3.8, 4) is 0 Å². The Morgan fingerprint density at radius 3 is 2.00 bits per heavy atom. The summed E-state index contributed by atoms with van der Waals surface area (Å²) in [5, 5.41) is 0. The predicted octanol–water partition coefficient (Wildman–Crippen LogP) is 2.03. The fraction of sp³-hybridized carbons (Fsp3) is 0.875. The van der Waals surface area contributed by atoms with Crippen molar-refractivity contribution < 1.29 is 4.74 Å². The second kappa shape index (κ2) is 4.91. The highest BCUT2D eigenvalue weighted by Crippen LogP contribution is 2.05. The Labute approximate surface area is 66.4 Å². The maximum atomic E-state index is 5.66. The lowest BCUT2D eigenvalue weighted by molar-refractivity contribution is 0.0520. The van der Waals surface area contributed by atoms with Gasteiger partial charge in [0, 0.05) is 5.73 Å². The standard InChI is InChI=1S/C8H19OSi/c1-6-8(10(4)5)9-7(2)3/h7-8,10H,1,6H2,2-5H3. The van der Waals surface area contributed by atoms with Gasteiger partial charge in [-0.3, -0.25) is 0 Å². The van der Waals surface area contributed by atoms with E-state index in [4.69, 9.17) is 4.74 Å². The topological polar surface area (TPSA) is 9.23 Å². The fourth-order valence-electron chi connectivity index (χ4n) is 0.908. The molecule has 0 aromatic rings. The molecule has 0 amide bonds. The molecule has 0 N–H and O–H groups in total. The molecule has 0 aliphatic rings. The molecule has 0 aliphatic carbocycles. The van der Waals surface area contributed by atoms with Crippen molar-refractivity contribution in [2.75, 3.05) is 0 Å². The van der Waals surface area contributed by atoms with Gasteiger partial charge in [0.2, 0.25) is 0 Å². The van der Waals surface area contributed by atoms with Gasteiger partial charge >= 0.3 is 0 Å². The van der Waals surface area contributed by atoms with Gasteiger partial charge in [0.25, 0.3) is 0 Å². The first kappa shape index (κ1) is 10.2. The van der Waals surface area contributed by atoms with E-state index in [-0.39, 0.29) is 0 Å². The van der Waals surface area contributed by atoms with Gasteiger partial charge in [-0.2, -0.15) is 0 Å². The third-order valence-electron chi connectivity index (χ3n) is 1.48. The van der Waals surface area contributed by atoms with Gasteiger partial charge in [-0.25, -0.2) is 0 Å². The lowest BCUT2D eigenvalue weighted by Crippen LogP contribution is -2.29. The first-order chi connectivity index (χ1) is 4.57. The van der Waals surface area contributed by atoms with E-state index in [1.165, 1.54) is 0 Å². The molecule has 0 saturated carbocycles. The normalized spacial score (nSPS) is 14.7. The average molecular weight is 159 g/mol. The Morgan fingerprint density at radius 2 is 1.90 bits per heavy atom. The summed E-state index contributed by atoms with van der Waals surface area (Å²) in [5.74, 6) is 0. The minimum atomic E-state index is -0.626. The molecule has 1 unspecified atom stereocenters. The first-order valence-electron chi connectivity index (χ1n) is 4.02. The third kappa shape index (κ3) is 4.07. The molecule has 0 rings (SSSR count). The monoisotopic (exact) mass is 159 g/mol. The Bertz CT molecular complexity index is 81.3. The molecule has 0 heterocycles. The molecule has 0 saturated heterocycles. The van der Waals surface area contributed by atoms with Gasteiger partial charge in [0.1, 0.15) is 0 Å². The highest BCUT2D eigenvalue weighted by molar-refractivity contribution is 6.57. The molecule has 0 aliphatic heterocycles. The molecule has 1 nitrogen and oxygen atoms in total. The van der Waals surface area contributed by atoms with E-state index in [9.17, 15) is 0 Å². The van der Waals surface area contributed by atoms with E-state index < -0.39 is 8.80 Å². The highest BCUT2D eigenvalue weighted by Gasteiger charge is 2.13. The molecule has 0 fully saturated rings. The summed E-state index contributed by atoms with van der Waals surface area (Å²) < 4.78 is 5.66. The molecule has 2 heteroatoms. The summed E-state index contributed by atoms with van der Waals surface area (Å²) in [6.45, 7) is 12.6. The largest absolute Gasteiger partial charge is 0.379 e. The van der Waals surface area contributed by atoms with Crippen LogP contribution in [0.4, 0.5) is 0 Å². The van der Waals surface area contributed by atoms with E-state index in [1.807, 2.05) is 0 Å². The van der Waals surface area contributed by atoms with Crippen molar-refractivity contribution in [1.82, 2.24) is 0 Å². The van der Waals surface area contributed by atoms with E-state index in [0.29, 0.717) is 11.8 Å². The molecule has 0 spiro atoms. The molecule has 1 atom stereocenters. The second-order valence-electron chi connectivity index (χ2n) is 3.26. The Morgan fingerprint density at radius 1 is 1.40 bits per heavy atom. The van der Waals surface area contributed by atoms with Gasteiger partial charge in [0.05, 0.1) is 14.9 Å². The van der Waals surface area contributed by atoms with Crippen molar-refractivity contribution in [2.45, 2.75) is 45.2 Å². The molecule has 0 aromatic carbocycles. The molecule has 61 valence electrons. The number of rotatable bonds is 4. The molecule has 0 aromatic heterocycles. The smallest absolute Gasteiger partial charge is 0.0656 e. The van der Waals surface area contributed by atoms with Gasteiger partial charge in [-0.15, -0.1) is 0 Å². The summed E-state index contributed by atoms with van der Waals surface area (Å²) in [6, 6.07) is 0. The van der Waals surface area contributed by atoms with Crippen LogP contribution < -0.4 is 0 Å². The van der Waals surface area contributed by atoms with Crippen molar-refractivity contribution >= 4 is 8.80 Å². The SMILES string of the molecule is [CH2]CC(OC(C)C)[SiH](C)C. The maximum Gasteiger partial charge on any atom is 0.0656 e. The Hall–Kier alpha value is 0.177. The van der Waals surface area contributed by atoms with Gasteiger partial charge < -0.3 is 4.74 Å². The zero-order chi connectivity index (χ0) is 8.15. The van der Waals surface area contributed by atoms with E-state index >= 15 is 0 Å². The molecule has 0 bridgehead atoms. The van der Waals surface area contributed by atoms with E-state index in [1.54, 1.807) is 0 Å². The van der Waals surface area contributed by atoms with Crippen LogP contribution in [0.3, 0.4) is 0 Å². The lowest BCUT2D eigenvalue weighted by atomic mass is 10.4. The lowest BCUT2D eigenvalue weighted by Gasteiger charge is -2.21. The summed E-state index contributed by atoms with van der Waals surface area (Å²) in [4.78, 5) is 0. The molecular weight excluding hydrogens is 140 g/mol. The van der Waals surface area contributed by atoms with Gasteiger partial charge in [-0.05, 0) is 20.3 Å². The van der Waals surface area contributed by atoms with E-state index in [2.05, 4.69) is 33.9 Å². The number of hydrogen-bond donors (Lipinski definition) is 0. The van der Waals surface area contributed by atoms with Crippen molar-refractivity contribution in [1.29, 1.82) is 0 Å². The van der Waals surface area contributed by atoms with Crippen LogP contribution in [0, 0.1) is 6.92 Å². The molecular formula is C8H19OSi. The zero-order valence-corrected chi connectivity index (χ0v) is 8.71. The Balaban J connectivity index is 3.60. The number of ether oxygens (including phenoxy) is 1. The zero-order valence-electron chi connectivity index (χ0n) is 7.55. The van der Waals surface area contributed by atoms with Crippen LogP contribution in [0.1, 0.15) is 20.3 Å². The van der Waals surface area contributed by atoms with Crippen LogP contribution >= 0.6 is 0 Å². The first-order valence-corrected chi connectivity index (χ1v) is 7.00. The average Bonchev–Trinajstić information content (AvgIpc) is 1.81. The van der Waals surface area contributed by atoms with E-state index in [0.717, 1.165) is 6.42 Å². The van der Waals surface area contributed by atoms with Gasteiger partial charge in [0.15, 0.2) is 0 Å². The summed E-state index contributed by atoms with van der Waals surface area (Å²) in [7, 11) is -0.626. The number of hydrogen-bond acceptors (Lipinski definition) is 1. The minimum Gasteiger partial charge on any atom is -0.379 e. The van der Waals surface area contributed by atoms with Crippen molar-refractivity contribution in [3.63, 3.8) is 0 Å². The third-order valence-corrected chi connectivity index (χ3v) is 3.45. The summed E-state index contributed by atoms with van der Waals surface area (Å²) in [6.07, 6.45) is 1.30. The fourth-order valence-corrected chi connectivity index (χ4v) is 2.20. The van der Waals surface area contributed by atoms with Crippen LogP contribution in [-0.2, 0) is 4.74 Å². The van der Waals surface area contributed by atoms with Crippen molar-refractivity contribution in [3.05, 3.63) is 6.92 Å². The van der Waals surface area contributed by atoms with Crippen LogP contribution in [0.25, 0.3) is 0 Å². The van der Waals surface area contributed by atoms with Crippen LogP contribution in [0.5, 0.6) is 0 Å². The predicted molar refractivity (Wildman–Crippen MR) is 48.9 cm³/mol. The minimum absolute atomic E-state index is 0.363. The van der Waals surface area contributed by atoms with Crippen LogP contribution in [-0.4, -0.2) is 20.6 Å². The quantitative estimate of drug-likeness (QED) is 0.570. The maximum absolute atomic E-state index is 5.66. The highest BCUT2D eigenvalue weighted by atomic mass is 28.3. The van der Waals surface area contributed by atoms with Crippen LogP contribution in [0.15, 0.2) is 0 Å². The molecule has 10 heavy (non-hydrogen) atoms. The Kier molecular flexibility index (Phi) is 5.00. The molecule has 1 radical (unpaired) electrons. The van der Waals surface area contributed by atoms with Crippen molar-refractivity contribution in [2.24, 2.45) is 0 Å². The van der Waals surface area contributed by atoms with Gasteiger partial charge in [-0.1, -0.05) is 20.0 Å². The second-order valence-corrected chi connectivity index (χ2v) is 6.49. The van der Waals surface area contributed by atoms with Crippen LogP contribution in [0.2, 0.25) is 13.1 Å². The summed E-state index contributed by atoms with van der Waals surface area (Å²) >= 11 is 0.